The summed E-state index contributed by atoms with van der Waals surface area (Å²) in [6, 6.07) is 0. The molecule has 0 aromatic carbocycles. The Morgan fingerprint density at radius 2 is 0.875 bits per heavy atom. The summed E-state index contributed by atoms with van der Waals surface area (Å²) in [7, 11) is 0. The molecule has 16 heavy (non-hydrogen) atoms. The fraction of sp³-hybridized carbons (Fsp3) is 1.00. The zero-order valence-corrected chi connectivity index (χ0v) is 11.0. The van der Waals surface area contributed by atoms with Gasteiger partial charge in [0, 0.05) is 6.61 Å². The standard InChI is InChI=1S/C14H30O.FH/c1-2-3-4-5-6-7-8-9-10-11-12-13-14-15;/h15H,2-14H2,1H3;1H. The van der Waals surface area contributed by atoms with Gasteiger partial charge in [-0.15, -0.1) is 0 Å². The van der Waals surface area contributed by atoms with Gasteiger partial charge in [0.2, 0.25) is 0 Å². The molecule has 0 aliphatic heterocycles. The molecular formula is C14H31FO. The van der Waals surface area contributed by atoms with Gasteiger partial charge >= 0.3 is 0 Å². The van der Waals surface area contributed by atoms with Gasteiger partial charge < -0.3 is 5.11 Å². The summed E-state index contributed by atoms with van der Waals surface area (Å²) in [6.45, 7) is 2.64. The van der Waals surface area contributed by atoms with Crippen LogP contribution in [0.15, 0.2) is 0 Å². The van der Waals surface area contributed by atoms with Crippen molar-refractivity contribution in [3.63, 3.8) is 0 Å². The van der Waals surface area contributed by atoms with Gasteiger partial charge in [-0.25, -0.2) is 0 Å². The van der Waals surface area contributed by atoms with Crippen LogP contribution in [0.4, 0.5) is 4.70 Å². The number of rotatable bonds is 12. The molecule has 0 unspecified atom stereocenters. The normalized spacial score (nSPS) is 10.1. The van der Waals surface area contributed by atoms with Crippen molar-refractivity contribution in [1.29, 1.82) is 0 Å². The van der Waals surface area contributed by atoms with Crippen molar-refractivity contribution >= 4 is 0 Å². The zero-order valence-electron chi connectivity index (χ0n) is 11.0. The quantitative estimate of drug-likeness (QED) is 0.479. The van der Waals surface area contributed by atoms with Crippen molar-refractivity contribution in [2.45, 2.75) is 84.0 Å². The van der Waals surface area contributed by atoms with Crippen molar-refractivity contribution in [3.8, 4) is 0 Å². The molecule has 0 aromatic rings. The Hall–Kier alpha value is -0.110. The Morgan fingerprint density at radius 3 is 1.19 bits per heavy atom. The molecule has 0 bridgehead atoms. The van der Waals surface area contributed by atoms with Crippen molar-refractivity contribution < 1.29 is 9.81 Å². The summed E-state index contributed by atoms with van der Waals surface area (Å²) in [6.07, 6.45) is 16.2. The average molecular weight is 234 g/mol. The highest BCUT2D eigenvalue weighted by Crippen LogP contribution is 2.11. The minimum absolute atomic E-state index is 0. The maximum atomic E-state index is 8.61. The summed E-state index contributed by atoms with van der Waals surface area (Å²) in [5.41, 5.74) is 0. The van der Waals surface area contributed by atoms with E-state index >= 15 is 0 Å². The Morgan fingerprint density at radius 1 is 0.562 bits per heavy atom. The van der Waals surface area contributed by atoms with E-state index in [9.17, 15) is 0 Å². The van der Waals surface area contributed by atoms with Crippen LogP contribution in [0.25, 0.3) is 0 Å². The van der Waals surface area contributed by atoms with Crippen LogP contribution in [-0.4, -0.2) is 11.7 Å². The minimum atomic E-state index is 0. The average Bonchev–Trinajstić information content (AvgIpc) is 2.26. The molecule has 2 heteroatoms. The molecule has 0 spiro atoms. The van der Waals surface area contributed by atoms with Crippen LogP contribution in [-0.2, 0) is 0 Å². The van der Waals surface area contributed by atoms with Gasteiger partial charge in [-0.3, -0.25) is 4.70 Å². The first kappa shape index (κ1) is 18.3. The van der Waals surface area contributed by atoms with E-state index in [0.717, 1.165) is 6.42 Å². The Kier molecular flexibility index (Phi) is 19.7. The molecular weight excluding hydrogens is 203 g/mol. The van der Waals surface area contributed by atoms with Crippen LogP contribution in [0.3, 0.4) is 0 Å². The molecule has 0 radical (unpaired) electrons. The minimum Gasteiger partial charge on any atom is -0.396 e. The van der Waals surface area contributed by atoms with Crippen LogP contribution in [0.5, 0.6) is 0 Å². The zero-order chi connectivity index (χ0) is 11.2. The molecule has 1 nitrogen and oxygen atoms in total. The lowest BCUT2D eigenvalue weighted by atomic mass is 10.1. The summed E-state index contributed by atoms with van der Waals surface area (Å²) in [4.78, 5) is 0. The summed E-state index contributed by atoms with van der Waals surface area (Å²) in [5.74, 6) is 0. The van der Waals surface area contributed by atoms with E-state index in [2.05, 4.69) is 6.92 Å². The first-order valence-corrected chi connectivity index (χ1v) is 7.02. The largest absolute Gasteiger partial charge is 0.396 e. The molecule has 0 aliphatic rings. The van der Waals surface area contributed by atoms with Crippen molar-refractivity contribution in [2.75, 3.05) is 6.61 Å². The molecule has 1 N–H and O–H groups in total. The first-order chi connectivity index (χ1) is 7.41. The highest BCUT2D eigenvalue weighted by Gasteiger charge is 1.92. The fourth-order valence-electron chi connectivity index (χ4n) is 1.95. The van der Waals surface area contributed by atoms with Gasteiger partial charge in [-0.05, 0) is 6.42 Å². The third-order valence-electron chi connectivity index (χ3n) is 3.01. The molecule has 0 aromatic heterocycles. The van der Waals surface area contributed by atoms with E-state index in [1.165, 1.54) is 70.6 Å². The molecule has 100 valence electrons. The third kappa shape index (κ3) is 16.3. The lowest BCUT2D eigenvalue weighted by Gasteiger charge is -2.01. The van der Waals surface area contributed by atoms with Gasteiger partial charge in [0.1, 0.15) is 0 Å². The molecule has 0 amide bonds. The molecule has 0 rings (SSSR count). The van der Waals surface area contributed by atoms with Gasteiger partial charge in [0.15, 0.2) is 0 Å². The maximum absolute atomic E-state index is 8.61. The first-order valence-electron chi connectivity index (χ1n) is 7.02. The van der Waals surface area contributed by atoms with Crippen LogP contribution in [0, 0.1) is 0 Å². The molecule has 0 aliphatic carbocycles. The number of unbranched alkanes of at least 4 members (excludes halogenated alkanes) is 11. The molecule has 0 saturated heterocycles. The second kappa shape index (κ2) is 17.3. The summed E-state index contributed by atoms with van der Waals surface area (Å²) >= 11 is 0. The Labute approximate surface area is 101 Å². The monoisotopic (exact) mass is 234 g/mol. The second-order valence-electron chi connectivity index (χ2n) is 4.61. The van der Waals surface area contributed by atoms with E-state index in [-0.39, 0.29) is 4.70 Å². The fourth-order valence-corrected chi connectivity index (χ4v) is 1.95. The predicted molar refractivity (Wildman–Crippen MR) is 70.7 cm³/mol. The van der Waals surface area contributed by atoms with Crippen LogP contribution in [0.2, 0.25) is 0 Å². The molecule has 0 saturated carbocycles. The smallest absolute Gasteiger partial charge is 0.0431 e. The maximum Gasteiger partial charge on any atom is 0.0431 e. The Balaban J connectivity index is 0. The van der Waals surface area contributed by atoms with E-state index in [1.54, 1.807) is 0 Å². The van der Waals surface area contributed by atoms with Gasteiger partial charge in [-0.2, -0.15) is 0 Å². The van der Waals surface area contributed by atoms with Crippen molar-refractivity contribution in [1.82, 2.24) is 0 Å². The number of hydrogen-bond acceptors (Lipinski definition) is 1. The van der Waals surface area contributed by atoms with Crippen LogP contribution in [0.1, 0.15) is 84.0 Å². The van der Waals surface area contributed by atoms with E-state index in [0.29, 0.717) is 6.61 Å². The van der Waals surface area contributed by atoms with Crippen molar-refractivity contribution in [3.05, 3.63) is 0 Å². The second-order valence-corrected chi connectivity index (χ2v) is 4.61. The highest BCUT2D eigenvalue weighted by molar-refractivity contribution is 4.47. The lowest BCUT2D eigenvalue weighted by molar-refractivity contribution is 0.282. The summed E-state index contributed by atoms with van der Waals surface area (Å²) < 4.78 is 0. The van der Waals surface area contributed by atoms with Gasteiger partial charge in [0.05, 0.1) is 0 Å². The molecule has 0 fully saturated rings. The van der Waals surface area contributed by atoms with E-state index in [1.807, 2.05) is 0 Å². The van der Waals surface area contributed by atoms with E-state index in [4.69, 9.17) is 5.11 Å². The van der Waals surface area contributed by atoms with Crippen LogP contribution < -0.4 is 0 Å². The lowest BCUT2D eigenvalue weighted by Crippen LogP contribution is -1.84. The highest BCUT2D eigenvalue weighted by atomic mass is 19.0. The molecule has 0 heterocycles. The summed E-state index contributed by atoms with van der Waals surface area (Å²) in [5, 5.41) is 8.61. The van der Waals surface area contributed by atoms with E-state index < -0.39 is 0 Å². The van der Waals surface area contributed by atoms with Crippen molar-refractivity contribution in [2.24, 2.45) is 0 Å². The number of aliphatic hydroxyl groups is 1. The number of hydrogen-bond donors (Lipinski definition) is 1. The van der Waals surface area contributed by atoms with Gasteiger partial charge in [-0.1, -0.05) is 77.6 Å². The SMILES string of the molecule is CCCCCCCCCCCCCCO.F. The molecule has 0 atom stereocenters. The third-order valence-corrected chi connectivity index (χ3v) is 3.01. The van der Waals surface area contributed by atoms with Crippen LogP contribution >= 0.6 is 0 Å². The Bertz CT molecular complexity index is 94.9. The topological polar surface area (TPSA) is 20.2 Å². The number of aliphatic hydroxyl groups excluding tert-OH is 1. The predicted octanol–water partition coefficient (Wildman–Crippen LogP) is 4.83. The number of halogens is 1. The van der Waals surface area contributed by atoms with Gasteiger partial charge in [0.25, 0.3) is 0 Å².